The molecular formula is C14H18N4O2. The van der Waals surface area contributed by atoms with Crippen molar-refractivity contribution in [3.8, 4) is 5.75 Å². The highest BCUT2D eigenvalue weighted by atomic mass is 16.5. The zero-order chi connectivity index (χ0) is 14.5. The smallest absolute Gasteiger partial charge is 0.251 e. The third-order valence-corrected chi connectivity index (χ3v) is 2.82. The molecule has 1 unspecified atom stereocenters. The minimum Gasteiger partial charge on any atom is -0.497 e. The quantitative estimate of drug-likeness (QED) is 0.805. The van der Waals surface area contributed by atoms with Gasteiger partial charge in [-0.15, -0.1) is 0 Å². The van der Waals surface area contributed by atoms with Gasteiger partial charge in [0, 0.05) is 35.8 Å². The van der Waals surface area contributed by atoms with Gasteiger partial charge in [-0.1, -0.05) is 0 Å². The maximum Gasteiger partial charge on any atom is 0.251 e. The van der Waals surface area contributed by atoms with Crippen LogP contribution in [0.1, 0.15) is 17.3 Å². The van der Waals surface area contributed by atoms with E-state index >= 15 is 0 Å². The minimum absolute atomic E-state index is 0.0465. The minimum atomic E-state index is -0.185. The van der Waals surface area contributed by atoms with Crippen molar-refractivity contribution >= 4 is 11.6 Å². The summed E-state index contributed by atoms with van der Waals surface area (Å²) in [6.07, 6.45) is 3.56. The molecule has 1 heterocycles. The number of ether oxygens (including phenoxy) is 1. The molecule has 0 spiro atoms. The number of benzene rings is 1. The lowest BCUT2D eigenvalue weighted by atomic mass is 10.1. The monoisotopic (exact) mass is 274 g/mol. The molecule has 0 aliphatic heterocycles. The normalized spacial score (nSPS) is 11.9. The Morgan fingerprint density at radius 3 is 2.95 bits per heavy atom. The number of anilines is 1. The number of nitrogens with one attached hydrogen (secondary N) is 1. The SMILES string of the molecule is COc1cc(N)cc(C(=O)NC(C)Cn2cccn2)c1. The van der Waals surface area contributed by atoms with Crippen LogP contribution in [0.5, 0.6) is 5.75 Å². The van der Waals surface area contributed by atoms with Crippen LogP contribution in [-0.4, -0.2) is 28.8 Å². The van der Waals surface area contributed by atoms with Crippen LogP contribution in [-0.2, 0) is 6.54 Å². The molecule has 2 aromatic rings. The van der Waals surface area contributed by atoms with E-state index in [1.807, 2.05) is 19.2 Å². The molecule has 6 heteroatoms. The molecule has 6 nitrogen and oxygen atoms in total. The lowest BCUT2D eigenvalue weighted by Crippen LogP contribution is -2.35. The van der Waals surface area contributed by atoms with Crippen molar-refractivity contribution in [2.75, 3.05) is 12.8 Å². The van der Waals surface area contributed by atoms with Gasteiger partial charge in [-0.2, -0.15) is 5.10 Å². The van der Waals surface area contributed by atoms with Crippen molar-refractivity contribution < 1.29 is 9.53 Å². The van der Waals surface area contributed by atoms with E-state index in [2.05, 4.69) is 10.4 Å². The molecule has 0 saturated heterocycles. The summed E-state index contributed by atoms with van der Waals surface area (Å²) in [6, 6.07) is 6.75. The molecule has 0 radical (unpaired) electrons. The summed E-state index contributed by atoms with van der Waals surface area (Å²) in [5.41, 5.74) is 6.71. The van der Waals surface area contributed by atoms with E-state index in [-0.39, 0.29) is 11.9 Å². The van der Waals surface area contributed by atoms with E-state index in [0.29, 0.717) is 23.5 Å². The molecule has 2 rings (SSSR count). The van der Waals surface area contributed by atoms with Crippen molar-refractivity contribution in [3.63, 3.8) is 0 Å². The molecule has 1 aromatic carbocycles. The lowest BCUT2D eigenvalue weighted by molar-refractivity contribution is 0.0935. The van der Waals surface area contributed by atoms with Crippen LogP contribution < -0.4 is 15.8 Å². The number of hydrogen-bond donors (Lipinski definition) is 2. The summed E-state index contributed by atoms with van der Waals surface area (Å²) in [4.78, 5) is 12.2. The Hall–Kier alpha value is -2.50. The van der Waals surface area contributed by atoms with Crippen LogP contribution in [0.3, 0.4) is 0 Å². The standard InChI is InChI=1S/C14H18N4O2/c1-10(9-18-5-3-4-16-18)17-14(19)11-6-12(15)8-13(7-11)20-2/h3-8,10H,9,15H2,1-2H3,(H,17,19). The van der Waals surface area contributed by atoms with Gasteiger partial charge < -0.3 is 15.8 Å². The fourth-order valence-electron chi connectivity index (χ4n) is 1.91. The molecule has 0 fully saturated rings. The molecule has 106 valence electrons. The van der Waals surface area contributed by atoms with E-state index in [1.54, 1.807) is 29.1 Å². The maximum atomic E-state index is 12.2. The summed E-state index contributed by atoms with van der Waals surface area (Å²) in [5.74, 6) is 0.380. The molecular weight excluding hydrogens is 256 g/mol. The van der Waals surface area contributed by atoms with Gasteiger partial charge in [0.15, 0.2) is 0 Å². The summed E-state index contributed by atoms with van der Waals surface area (Å²) >= 11 is 0. The van der Waals surface area contributed by atoms with Crippen LogP contribution in [0.25, 0.3) is 0 Å². The van der Waals surface area contributed by atoms with E-state index in [0.717, 1.165) is 0 Å². The maximum absolute atomic E-state index is 12.2. The van der Waals surface area contributed by atoms with E-state index < -0.39 is 0 Å². The van der Waals surface area contributed by atoms with E-state index in [4.69, 9.17) is 10.5 Å². The van der Waals surface area contributed by atoms with Gasteiger partial charge in [0.2, 0.25) is 0 Å². The van der Waals surface area contributed by atoms with Crippen LogP contribution >= 0.6 is 0 Å². The van der Waals surface area contributed by atoms with Crippen molar-refractivity contribution in [2.24, 2.45) is 0 Å². The fourth-order valence-corrected chi connectivity index (χ4v) is 1.91. The first-order valence-corrected chi connectivity index (χ1v) is 6.31. The molecule has 0 aliphatic carbocycles. The molecule has 1 aromatic heterocycles. The van der Waals surface area contributed by atoms with Gasteiger partial charge in [0.25, 0.3) is 5.91 Å². The van der Waals surface area contributed by atoms with Crippen molar-refractivity contribution in [3.05, 3.63) is 42.2 Å². The number of methoxy groups -OCH3 is 1. The summed E-state index contributed by atoms with van der Waals surface area (Å²) < 4.78 is 6.87. The lowest BCUT2D eigenvalue weighted by Gasteiger charge is -2.14. The Morgan fingerprint density at radius 2 is 2.30 bits per heavy atom. The van der Waals surface area contributed by atoms with Crippen molar-refractivity contribution in [1.29, 1.82) is 0 Å². The summed E-state index contributed by atoms with van der Waals surface area (Å²) in [6.45, 7) is 2.53. The van der Waals surface area contributed by atoms with Gasteiger partial charge in [-0.3, -0.25) is 9.48 Å². The number of carbonyl (C=O) groups excluding carboxylic acids is 1. The summed E-state index contributed by atoms with van der Waals surface area (Å²) in [5, 5.41) is 7.01. The van der Waals surface area contributed by atoms with Gasteiger partial charge >= 0.3 is 0 Å². The molecule has 20 heavy (non-hydrogen) atoms. The van der Waals surface area contributed by atoms with Gasteiger partial charge in [-0.25, -0.2) is 0 Å². The number of nitrogens with two attached hydrogens (primary N) is 1. The third-order valence-electron chi connectivity index (χ3n) is 2.82. The van der Waals surface area contributed by atoms with Crippen LogP contribution in [0.15, 0.2) is 36.7 Å². The Morgan fingerprint density at radius 1 is 1.50 bits per heavy atom. The average molecular weight is 274 g/mol. The zero-order valence-electron chi connectivity index (χ0n) is 11.5. The Bertz CT molecular complexity index is 581. The second-order valence-corrected chi connectivity index (χ2v) is 4.60. The average Bonchev–Trinajstić information content (AvgIpc) is 2.90. The molecule has 3 N–H and O–H groups in total. The Labute approximate surface area is 117 Å². The van der Waals surface area contributed by atoms with Gasteiger partial charge in [0.05, 0.1) is 13.7 Å². The topological polar surface area (TPSA) is 82.2 Å². The van der Waals surface area contributed by atoms with Gasteiger partial charge in [0.1, 0.15) is 5.75 Å². The third kappa shape index (κ3) is 3.50. The molecule has 0 aliphatic rings. The molecule has 0 bridgehead atoms. The highest BCUT2D eigenvalue weighted by molar-refractivity contribution is 5.95. The summed E-state index contributed by atoms with van der Waals surface area (Å²) in [7, 11) is 1.54. The van der Waals surface area contributed by atoms with Crippen molar-refractivity contribution in [1.82, 2.24) is 15.1 Å². The first-order valence-electron chi connectivity index (χ1n) is 6.31. The highest BCUT2D eigenvalue weighted by Crippen LogP contribution is 2.18. The number of aromatic nitrogens is 2. The molecule has 1 atom stereocenters. The number of nitrogens with zero attached hydrogens (tertiary/aromatic N) is 2. The zero-order valence-corrected chi connectivity index (χ0v) is 11.5. The van der Waals surface area contributed by atoms with Crippen molar-refractivity contribution in [2.45, 2.75) is 19.5 Å². The second-order valence-electron chi connectivity index (χ2n) is 4.60. The first kappa shape index (κ1) is 13.9. The number of rotatable bonds is 5. The van der Waals surface area contributed by atoms with Crippen LogP contribution in [0, 0.1) is 0 Å². The number of amides is 1. The van der Waals surface area contributed by atoms with Crippen LogP contribution in [0.4, 0.5) is 5.69 Å². The second kappa shape index (κ2) is 6.10. The number of hydrogen-bond acceptors (Lipinski definition) is 4. The fraction of sp³-hybridized carbons (Fsp3) is 0.286. The Kier molecular flexibility index (Phi) is 4.24. The van der Waals surface area contributed by atoms with Gasteiger partial charge in [-0.05, 0) is 25.1 Å². The highest BCUT2D eigenvalue weighted by Gasteiger charge is 2.12. The Balaban J connectivity index is 2.02. The van der Waals surface area contributed by atoms with E-state index in [1.165, 1.54) is 7.11 Å². The molecule has 1 amide bonds. The van der Waals surface area contributed by atoms with E-state index in [9.17, 15) is 4.79 Å². The number of carbonyl (C=O) groups is 1. The number of nitrogen functional groups attached to an aromatic ring is 1. The first-order chi connectivity index (χ1) is 9.58. The largest absolute Gasteiger partial charge is 0.497 e. The predicted molar refractivity (Wildman–Crippen MR) is 76.6 cm³/mol. The van der Waals surface area contributed by atoms with Crippen LogP contribution in [0.2, 0.25) is 0 Å². The predicted octanol–water partition coefficient (Wildman–Crippen LogP) is 1.29. The molecule has 0 saturated carbocycles.